The van der Waals surface area contributed by atoms with Crippen LogP contribution in [0.1, 0.15) is 24.1 Å². The van der Waals surface area contributed by atoms with Gasteiger partial charge in [0.15, 0.2) is 0 Å². The van der Waals surface area contributed by atoms with Crippen LogP contribution >= 0.6 is 39.1 Å². The zero-order chi connectivity index (χ0) is 14.7. The van der Waals surface area contributed by atoms with E-state index in [2.05, 4.69) is 21.2 Å². The van der Waals surface area contributed by atoms with Gasteiger partial charge in [-0.25, -0.2) is 4.39 Å². The molecule has 2 aromatic carbocycles. The lowest BCUT2D eigenvalue weighted by Crippen LogP contribution is -2.23. The molecule has 0 amide bonds. The van der Waals surface area contributed by atoms with Crippen molar-refractivity contribution in [2.45, 2.75) is 13.0 Å². The molecule has 106 valence electrons. The number of hydrogen-bond donors (Lipinski definition) is 1. The van der Waals surface area contributed by atoms with E-state index in [4.69, 9.17) is 23.2 Å². The molecule has 1 N–H and O–H groups in total. The second-order valence-corrected chi connectivity index (χ2v) is 5.97. The van der Waals surface area contributed by atoms with Crippen molar-refractivity contribution < 1.29 is 4.39 Å². The van der Waals surface area contributed by atoms with Gasteiger partial charge in [0.05, 0.1) is 11.1 Å². The molecular weight excluding hydrogens is 364 g/mol. The summed E-state index contributed by atoms with van der Waals surface area (Å²) in [5, 5.41) is 4.31. The lowest BCUT2D eigenvalue weighted by Gasteiger charge is -2.21. The number of halogens is 4. The zero-order valence-electron chi connectivity index (χ0n) is 10.8. The molecule has 0 saturated carbocycles. The van der Waals surface area contributed by atoms with Crippen LogP contribution in [0.5, 0.6) is 0 Å². The lowest BCUT2D eigenvalue weighted by molar-refractivity contribution is 0.558. The third kappa shape index (κ3) is 3.34. The maximum atomic E-state index is 14.2. The molecule has 0 aromatic heterocycles. The van der Waals surface area contributed by atoms with E-state index in [-0.39, 0.29) is 11.9 Å². The van der Waals surface area contributed by atoms with Crippen LogP contribution in [0.3, 0.4) is 0 Å². The van der Waals surface area contributed by atoms with E-state index in [9.17, 15) is 4.39 Å². The van der Waals surface area contributed by atoms with Crippen LogP contribution in [0.25, 0.3) is 0 Å². The van der Waals surface area contributed by atoms with Crippen LogP contribution < -0.4 is 5.32 Å². The third-order valence-electron chi connectivity index (χ3n) is 2.98. The average molecular weight is 377 g/mol. The Morgan fingerprint density at radius 2 is 1.85 bits per heavy atom. The Morgan fingerprint density at radius 3 is 2.50 bits per heavy atom. The molecule has 0 heterocycles. The van der Waals surface area contributed by atoms with E-state index >= 15 is 0 Å². The molecule has 0 spiro atoms. The summed E-state index contributed by atoms with van der Waals surface area (Å²) in [7, 11) is 0. The highest BCUT2D eigenvalue weighted by Crippen LogP contribution is 2.34. The van der Waals surface area contributed by atoms with Crippen LogP contribution in [-0.4, -0.2) is 6.54 Å². The van der Waals surface area contributed by atoms with Crippen LogP contribution in [0.2, 0.25) is 10.0 Å². The molecule has 2 rings (SSSR count). The Hall–Kier alpha value is -0.610. The van der Waals surface area contributed by atoms with Gasteiger partial charge in [0.1, 0.15) is 5.82 Å². The van der Waals surface area contributed by atoms with Gasteiger partial charge < -0.3 is 5.32 Å². The normalized spacial score (nSPS) is 12.4. The van der Waals surface area contributed by atoms with Crippen LogP contribution in [0.15, 0.2) is 40.9 Å². The van der Waals surface area contributed by atoms with Gasteiger partial charge in [-0.2, -0.15) is 0 Å². The SMILES string of the molecule is CCNC(c1cc(Cl)c(Br)cc1F)c1ccccc1Cl. The molecular formula is C15H13BrCl2FN. The minimum atomic E-state index is -0.334. The second kappa shape index (κ2) is 6.90. The predicted molar refractivity (Wildman–Crippen MR) is 86.1 cm³/mol. The molecule has 0 aliphatic rings. The molecule has 20 heavy (non-hydrogen) atoms. The van der Waals surface area contributed by atoms with Gasteiger partial charge in [-0.15, -0.1) is 0 Å². The highest BCUT2D eigenvalue weighted by Gasteiger charge is 2.20. The quantitative estimate of drug-likeness (QED) is 0.685. The van der Waals surface area contributed by atoms with Gasteiger partial charge in [0.2, 0.25) is 0 Å². The standard InChI is InChI=1S/C15H13BrCl2FN/c1-2-20-15(9-5-3-4-6-12(9)17)10-7-13(18)11(16)8-14(10)19/h3-8,15,20H,2H2,1H3. The largest absolute Gasteiger partial charge is 0.306 e. The number of benzene rings is 2. The molecule has 1 nitrogen and oxygen atoms in total. The summed E-state index contributed by atoms with van der Waals surface area (Å²) < 4.78 is 14.8. The first-order valence-corrected chi connectivity index (χ1v) is 7.71. The van der Waals surface area contributed by atoms with E-state index in [0.29, 0.717) is 26.6 Å². The smallest absolute Gasteiger partial charge is 0.129 e. The van der Waals surface area contributed by atoms with Gasteiger partial charge in [-0.05, 0) is 46.2 Å². The summed E-state index contributed by atoms with van der Waals surface area (Å²) in [5.74, 6) is -0.327. The van der Waals surface area contributed by atoms with Gasteiger partial charge in [0, 0.05) is 15.1 Å². The number of hydrogen-bond acceptors (Lipinski definition) is 1. The first-order chi connectivity index (χ1) is 9.54. The maximum Gasteiger partial charge on any atom is 0.129 e. The van der Waals surface area contributed by atoms with Crippen molar-refractivity contribution in [1.29, 1.82) is 0 Å². The van der Waals surface area contributed by atoms with Gasteiger partial charge >= 0.3 is 0 Å². The van der Waals surface area contributed by atoms with Gasteiger partial charge in [-0.1, -0.05) is 48.3 Å². The fourth-order valence-corrected chi connectivity index (χ4v) is 2.79. The maximum absolute atomic E-state index is 14.2. The molecule has 5 heteroatoms. The summed E-state index contributed by atoms with van der Waals surface area (Å²) in [6, 6.07) is 10.1. The third-order valence-corrected chi connectivity index (χ3v) is 4.52. The molecule has 0 radical (unpaired) electrons. The fourth-order valence-electron chi connectivity index (χ4n) is 2.06. The summed E-state index contributed by atoms with van der Waals surface area (Å²) in [5.41, 5.74) is 1.31. The predicted octanol–water partition coefficient (Wildman–Crippen LogP) is 5.59. The average Bonchev–Trinajstić information content (AvgIpc) is 2.42. The van der Waals surface area contributed by atoms with Crippen LogP contribution in [-0.2, 0) is 0 Å². The fraction of sp³-hybridized carbons (Fsp3) is 0.200. The summed E-state index contributed by atoms with van der Waals surface area (Å²) in [6.07, 6.45) is 0. The van der Waals surface area contributed by atoms with Crippen molar-refractivity contribution in [2.24, 2.45) is 0 Å². The van der Waals surface area contributed by atoms with Crippen LogP contribution in [0.4, 0.5) is 4.39 Å². The Kier molecular flexibility index (Phi) is 5.44. The molecule has 0 fully saturated rings. The molecule has 1 unspecified atom stereocenters. The van der Waals surface area contributed by atoms with Crippen molar-refractivity contribution in [3.8, 4) is 0 Å². The Balaban J connectivity index is 2.54. The van der Waals surface area contributed by atoms with E-state index in [0.717, 1.165) is 5.56 Å². The Bertz CT molecular complexity index is 619. The Morgan fingerprint density at radius 1 is 1.15 bits per heavy atom. The molecule has 0 aliphatic heterocycles. The topological polar surface area (TPSA) is 12.0 Å². The molecule has 0 aliphatic carbocycles. The van der Waals surface area contributed by atoms with Gasteiger partial charge in [0.25, 0.3) is 0 Å². The Labute approximate surface area is 136 Å². The monoisotopic (exact) mass is 375 g/mol. The van der Waals surface area contributed by atoms with Crippen molar-refractivity contribution in [2.75, 3.05) is 6.54 Å². The van der Waals surface area contributed by atoms with Crippen molar-refractivity contribution in [1.82, 2.24) is 5.32 Å². The van der Waals surface area contributed by atoms with E-state index in [1.54, 1.807) is 12.1 Å². The molecule has 1 atom stereocenters. The zero-order valence-corrected chi connectivity index (χ0v) is 13.9. The first-order valence-electron chi connectivity index (χ1n) is 6.16. The highest BCUT2D eigenvalue weighted by molar-refractivity contribution is 9.10. The highest BCUT2D eigenvalue weighted by atomic mass is 79.9. The molecule has 0 saturated heterocycles. The number of nitrogens with one attached hydrogen (secondary N) is 1. The van der Waals surface area contributed by atoms with Gasteiger partial charge in [-0.3, -0.25) is 0 Å². The van der Waals surface area contributed by atoms with Crippen molar-refractivity contribution in [3.63, 3.8) is 0 Å². The van der Waals surface area contributed by atoms with E-state index in [1.165, 1.54) is 6.07 Å². The summed E-state index contributed by atoms with van der Waals surface area (Å²) >= 11 is 15.5. The van der Waals surface area contributed by atoms with E-state index in [1.807, 2.05) is 25.1 Å². The minimum Gasteiger partial charge on any atom is -0.306 e. The summed E-state index contributed by atoms with van der Waals surface area (Å²) in [6.45, 7) is 2.64. The van der Waals surface area contributed by atoms with E-state index < -0.39 is 0 Å². The molecule has 2 aromatic rings. The summed E-state index contributed by atoms with van der Waals surface area (Å²) in [4.78, 5) is 0. The minimum absolute atomic E-state index is 0.327. The lowest BCUT2D eigenvalue weighted by atomic mass is 9.98. The van der Waals surface area contributed by atoms with Crippen LogP contribution in [0, 0.1) is 5.82 Å². The van der Waals surface area contributed by atoms with Crippen molar-refractivity contribution >= 4 is 39.1 Å². The first kappa shape index (κ1) is 15.8. The van der Waals surface area contributed by atoms with Crippen molar-refractivity contribution in [3.05, 3.63) is 67.9 Å². The molecule has 0 bridgehead atoms. The second-order valence-electron chi connectivity index (χ2n) is 4.30. The number of rotatable bonds is 4.